The van der Waals surface area contributed by atoms with Gasteiger partial charge in [0.05, 0.1) is 5.41 Å². The second-order valence-electron chi connectivity index (χ2n) is 6.68. The van der Waals surface area contributed by atoms with Gasteiger partial charge in [0.15, 0.2) is 0 Å². The van der Waals surface area contributed by atoms with E-state index in [1.807, 2.05) is 6.08 Å². The van der Waals surface area contributed by atoms with Gasteiger partial charge in [-0.15, -0.1) is 0 Å². The summed E-state index contributed by atoms with van der Waals surface area (Å²) in [6.07, 6.45) is 6.41. The zero-order valence-corrected chi connectivity index (χ0v) is 17.5. The molecule has 1 aliphatic carbocycles. The van der Waals surface area contributed by atoms with E-state index in [1.165, 1.54) is 37.0 Å². The number of fused-ring (bicyclic) bond motifs is 1. The van der Waals surface area contributed by atoms with E-state index in [9.17, 15) is 0 Å². The van der Waals surface area contributed by atoms with Crippen LogP contribution in [-0.2, 0) is 5.41 Å². The van der Waals surface area contributed by atoms with Crippen LogP contribution < -0.4 is 0 Å². The molecule has 1 aliphatic rings. The van der Waals surface area contributed by atoms with E-state index in [0.717, 1.165) is 0 Å². The quantitative estimate of drug-likeness (QED) is 0.363. The molecule has 0 aliphatic heterocycles. The molecule has 0 saturated carbocycles. The third kappa shape index (κ3) is 2.64. The molecule has 0 heterocycles. The normalized spacial score (nSPS) is 15.2. The van der Waals surface area contributed by atoms with Crippen molar-refractivity contribution in [3.63, 3.8) is 0 Å². The predicted octanol–water partition coefficient (Wildman–Crippen LogP) is 7.15. The first-order valence-corrected chi connectivity index (χ1v) is 10.2. The minimum atomic E-state index is -0.338. The van der Waals surface area contributed by atoms with Gasteiger partial charge in [-0.1, -0.05) is 97.6 Å². The Bertz CT molecular complexity index is 1000. The van der Waals surface area contributed by atoms with E-state index in [2.05, 4.69) is 127 Å². The van der Waals surface area contributed by atoms with Crippen LogP contribution in [0.5, 0.6) is 0 Å². The second kappa shape index (κ2) is 7.32. The van der Waals surface area contributed by atoms with Crippen molar-refractivity contribution in [1.29, 1.82) is 0 Å². The fraction of sp³-hybridized carbons (Fsp3) is 0.0769. The van der Waals surface area contributed by atoms with Crippen LogP contribution in [0, 0.1) is 3.57 Å². The number of allylic oxidation sites excluding steroid dienone is 5. The lowest BCUT2D eigenvalue weighted by Gasteiger charge is -2.35. The maximum atomic E-state index is 4.17. The van der Waals surface area contributed by atoms with E-state index in [-0.39, 0.29) is 5.41 Å². The highest BCUT2D eigenvalue weighted by Crippen LogP contribution is 2.55. The summed E-state index contributed by atoms with van der Waals surface area (Å²) in [4.78, 5) is 0. The van der Waals surface area contributed by atoms with Crippen LogP contribution in [0.1, 0.15) is 29.2 Å². The first-order chi connectivity index (χ1) is 13.2. The molecule has 3 aromatic carbocycles. The summed E-state index contributed by atoms with van der Waals surface area (Å²) >= 11 is 2.45. The van der Waals surface area contributed by atoms with E-state index >= 15 is 0 Å². The van der Waals surface area contributed by atoms with Crippen molar-refractivity contribution in [3.05, 3.63) is 135 Å². The van der Waals surface area contributed by atoms with Gasteiger partial charge in [-0.25, -0.2) is 0 Å². The first kappa shape index (κ1) is 18.0. The minimum absolute atomic E-state index is 0.338. The molecule has 0 aromatic heterocycles. The van der Waals surface area contributed by atoms with Crippen molar-refractivity contribution in [1.82, 2.24) is 0 Å². The Kier molecular flexibility index (Phi) is 4.88. The van der Waals surface area contributed by atoms with E-state index < -0.39 is 0 Å². The SMILES string of the molecule is C=CC1=C(/C=C\C)C(c2ccccc2)(c2ccccc2)c2cccc(I)c21. The van der Waals surface area contributed by atoms with E-state index in [1.54, 1.807) is 0 Å². The molecule has 0 N–H and O–H groups in total. The van der Waals surface area contributed by atoms with Gasteiger partial charge < -0.3 is 0 Å². The molecule has 1 heteroatoms. The molecule has 0 unspecified atom stereocenters. The number of hydrogen-bond donors (Lipinski definition) is 0. The van der Waals surface area contributed by atoms with Crippen LogP contribution in [-0.4, -0.2) is 0 Å². The molecule has 0 saturated heterocycles. The lowest BCUT2D eigenvalue weighted by molar-refractivity contribution is 0.760. The fourth-order valence-corrected chi connectivity index (χ4v) is 5.14. The van der Waals surface area contributed by atoms with Gasteiger partial charge in [0.25, 0.3) is 0 Å². The third-order valence-electron chi connectivity index (χ3n) is 5.33. The fourth-order valence-electron chi connectivity index (χ4n) is 4.35. The zero-order valence-electron chi connectivity index (χ0n) is 15.3. The van der Waals surface area contributed by atoms with Crippen LogP contribution in [0.25, 0.3) is 5.57 Å². The number of hydrogen-bond acceptors (Lipinski definition) is 0. The molecule has 0 bridgehead atoms. The first-order valence-electron chi connectivity index (χ1n) is 9.15. The minimum Gasteiger partial charge on any atom is -0.0984 e. The van der Waals surface area contributed by atoms with Crippen LogP contribution in [0.2, 0.25) is 0 Å². The zero-order chi connectivity index (χ0) is 18.9. The summed E-state index contributed by atoms with van der Waals surface area (Å²) in [5.41, 5.74) is 7.37. The van der Waals surface area contributed by atoms with Crippen molar-refractivity contribution in [2.75, 3.05) is 0 Å². The van der Waals surface area contributed by atoms with E-state index in [0.29, 0.717) is 0 Å². The van der Waals surface area contributed by atoms with Crippen LogP contribution in [0.15, 0.2) is 109 Å². The monoisotopic (exact) mass is 460 g/mol. The summed E-state index contributed by atoms with van der Waals surface area (Å²) in [5.74, 6) is 0. The summed E-state index contributed by atoms with van der Waals surface area (Å²) in [5, 5.41) is 0. The van der Waals surface area contributed by atoms with Crippen LogP contribution >= 0.6 is 22.6 Å². The van der Waals surface area contributed by atoms with Gasteiger partial charge in [0.2, 0.25) is 0 Å². The summed E-state index contributed by atoms with van der Waals surface area (Å²) in [6.45, 7) is 6.26. The number of benzene rings is 3. The Morgan fingerprint density at radius 2 is 1.41 bits per heavy atom. The molecule has 27 heavy (non-hydrogen) atoms. The van der Waals surface area contributed by atoms with Crippen molar-refractivity contribution in [2.45, 2.75) is 12.3 Å². The molecule has 132 valence electrons. The van der Waals surface area contributed by atoms with Crippen LogP contribution in [0.3, 0.4) is 0 Å². The van der Waals surface area contributed by atoms with Crippen molar-refractivity contribution >= 4 is 28.2 Å². The molecule has 3 aromatic rings. The van der Waals surface area contributed by atoms with Gasteiger partial charge in [0, 0.05) is 9.13 Å². The molecule has 0 amide bonds. The molecular formula is C26H21I. The lowest BCUT2D eigenvalue weighted by Crippen LogP contribution is -2.29. The Morgan fingerprint density at radius 1 is 0.815 bits per heavy atom. The van der Waals surface area contributed by atoms with Gasteiger partial charge in [0.1, 0.15) is 0 Å². The molecule has 4 rings (SSSR count). The molecule has 0 fully saturated rings. The van der Waals surface area contributed by atoms with Gasteiger partial charge >= 0.3 is 0 Å². The summed E-state index contributed by atoms with van der Waals surface area (Å²) in [6, 6.07) is 28.3. The Labute approximate surface area is 175 Å². The van der Waals surface area contributed by atoms with E-state index in [4.69, 9.17) is 0 Å². The molecule has 0 atom stereocenters. The second-order valence-corrected chi connectivity index (χ2v) is 7.84. The Balaban J connectivity index is 2.23. The van der Waals surface area contributed by atoms with Gasteiger partial charge in [-0.05, 0) is 63.4 Å². The third-order valence-corrected chi connectivity index (χ3v) is 6.23. The average molecular weight is 460 g/mol. The Morgan fingerprint density at radius 3 is 1.93 bits per heavy atom. The standard InChI is InChI=1S/C26H21I/c1-3-12-22-21(4-2)25-23(17-11-18-24(25)27)26(22,19-13-7-5-8-14-19)20-15-9-6-10-16-20/h3-18H,2H2,1H3/b12-3-. The van der Waals surface area contributed by atoms with Crippen molar-refractivity contribution in [3.8, 4) is 0 Å². The van der Waals surface area contributed by atoms with Crippen molar-refractivity contribution < 1.29 is 0 Å². The number of halogens is 1. The molecule has 0 nitrogen and oxygen atoms in total. The van der Waals surface area contributed by atoms with Gasteiger partial charge in [-0.2, -0.15) is 0 Å². The predicted molar refractivity (Wildman–Crippen MR) is 124 cm³/mol. The Hall–Kier alpha value is -2.39. The maximum Gasteiger partial charge on any atom is 0.0713 e. The maximum absolute atomic E-state index is 4.17. The molecular weight excluding hydrogens is 439 g/mol. The largest absolute Gasteiger partial charge is 0.0984 e. The highest BCUT2D eigenvalue weighted by molar-refractivity contribution is 14.1. The van der Waals surface area contributed by atoms with Crippen molar-refractivity contribution in [2.24, 2.45) is 0 Å². The number of rotatable bonds is 4. The molecule has 0 radical (unpaired) electrons. The smallest absolute Gasteiger partial charge is 0.0713 e. The topological polar surface area (TPSA) is 0 Å². The van der Waals surface area contributed by atoms with Gasteiger partial charge in [-0.3, -0.25) is 0 Å². The highest BCUT2D eigenvalue weighted by atomic mass is 127. The highest BCUT2D eigenvalue weighted by Gasteiger charge is 2.46. The summed E-state index contributed by atoms with van der Waals surface area (Å²) in [7, 11) is 0. The molecule has 0 spiro atoms. The lowest BCUT2D eigenvalue weighted by atomic mass is 9.67. The summed E-state index contributed by atoms with van der Waals surface area (Å²) < 4.78 is 1.26. The average Bonchev–Trinajstić information content (AvgIpc) is 3.01. The van der Waals surface area contributed by atoms with Crippen LogP contribution in [0.4, 0.5) is 0 Å².